The van der Waals surface area contributed by atoms with Gasteiger partial charge in [-0.2, -0.15) is 0 Å². The molecule has 64 heavy (non-hydrogen) atoms. The van der Waals surface area contributed by atoms with E-state index < -0.39 is 7.14 Å². The van der Waals surface area contributed by atoms with Crippen molar-refractivity contribution in [3.05, 3.63) is 193 Å². The second kappa shape index (κ2) is 15.4. The monoisotopic (exact) mass is 847 g/mol. The van der Waals surface area contributed by atoms with Crippen LogP contribution in [-0.2, 0) is 9.98 Å². The Morgan fingerprint density at radius 2 is 0.734 bits per heavy atom. The van der Waals surface area contributed by atoms with Crippen molar-refractivity contribution in [2.24, 2.45) is 23.7 Å². The van der Waals surface area contributed by atoms with Gasteiger partial charge in [0.15, 0.2) is 17.5 Å². The van der Waals surface area contributed by atoms with E-state index in [0.717, 1.165) is 60.9 Å². The zero-order chi connectivity index (χ0) is 43.0. The molecule has 5 heteroatoms. The molecule has 0 unspecified atom stereocenters. The predicted molar refractivity (Wildman–Crippen MR) is 265 cm³/mol. The molecule has 4 aliphatic carbocycles. The highest BCUT2D eigenvalue weighted by molar-refractivity contribution is 7.71. The molecular formula is C59H50N3OP. The topological polar surface area (TPSA) is 55.7 Å². The molecule has 4 nitrogen and oxygen atoms in total. The smallest absolute Gasteiger partial charge is 0.164 e. The molecule has 312 valence electrons. The van der Waals surface area contributed by atoms with Crippen LogP contribution < -0.4 is 5.30 Å². The number of fused-ring (bicyclic) bond motifs is 2. The van der Waals surface area contributed by atoms with E-state index in [-0.39, 0.29) is 5.41 Å². The van der Waals surface area contributed by atoms with Crippen LogP contribution in [0.2, 0.25) is 0 Å². The summed E-state index contributed by atoms with van der Waals surface area (Å²) in [6.07, 6.45) is 6.58. The van der Waals surface area contributed by atoms with E-state index in [1.165, 1.54) is 59.9 Å². The molecule has 0 spiro atoms. The number of rotatable bonds is 8. The summed E-state index contributed by atoms with van der Waals surface area (Å²) in [5, 5.41) is 5.49. The van der Waals surface area contributed by atoms with Gasteiger partial charge in [0.05, 0.1) is 0 Å². The van der Waals surface area contributed by atoms with Crippen LogP contribution in [0.1, 0.15) is 43.2 Å². The van der Waals surface area contributed by atoms with Gasteiger partial charge in [-0.25, -0.2) is 15.0 Å². The first-order valence-electron chi connectivity index (χ1n) is 23.0. The average Bonchev–Trinajstić information content (AvgIpc) is 3.33. The van der Waals surface area contributed by atoms with Gasteiger partial charge >= 0.3 is 0 Å². The first kappa shape index (κ1) is 39.1. The fourth-order valence-corrected chi connectivity index (χ4v) is 14.2. The van der Waals surface area contributed by atoms with Gasteiger partial charge in [-0.05, 0) is 124 Å². The molecule has 0 amide bonds. The molecule has 8 aromatic carbocycles. The molecule has 4 fully saturated rings. The molecule has 1 heterocycles. The molecule has 1 aromatic heterocycles. The van der Waals surface area contributed by atoms with Crippen molar-refractivity contribution in [3.8, 4) is 56.4 Å². The summed E-state index contributed by atoms with van der Waals surface area (Å²) in [4.78, 5) is 15.3. The Balaban J connectivity index is 0.958. The third kappa shape index (κ3) is 6.49. The SMILES string of the molecule is CP(C)(=O)c1c2ccccc2c(-c2ccc(C3(c4ccc(-c5nc(-c6ccccc6)nc(-c6ccc(-c7ccccc7)cc6)n5)cc4)C4CC5CC(C4)CC3C5)cc2)c2ccccc12. The Kier molecular flexibility index (Phi) is 9.39. The highest BCUT2D eigenvalue weighted by Gasteiger charge is 2.58. The van der Waals surface area contributed by atoms with E-state index in [9.17, 15) is 4.57 Å². The minimum atomic E-state index is -2.58. The van der Waals surface area contributed by atoms with Gasteiger partial charge in [0.25, 0.3) is 0 Å². The first-order valence-corrected chi connectivity index (χ1v) is 25.6. The molecule has 13 rings (SSSR count). The van der Waals surface area contributed by atoms with E-state index >= 15 is 0 Å². The highest BCUT2D eigenvalue weighted by atomic mass is 31.2. The number of aromatic nitrogens is 3. The molecule has 4 bridgehead atoms. The van der Waals surface area contributed by atoms with E-state index in [0.29, 0.717) is 29.3 Å². The van der Waals surface area contributed by atoms with Crippen molar-refractivity contribution in [2.75, 3.05) is 13.3 Å². The molecule has 9 aromatic rings. The Hall–Kier alpha value is -6.48. The maximum atomic E-state index is 13.9. The summed E-state index contributed by atoms with van der Waals surface area (Å²) < 4.78 is 13.9. The summed E-state index contributed by atoms with van der Waals surface area (Å²) in [5.41, 5.74) is 10.5. The van der Waals surface area contributed by atoms with E-state index in [2.05, 4.69) is 158 Å². The fraction of sp³-hybridized carbons (Fsp3) is 0.203. The Morgan fingerprint density at radius 1 is 0.391 bits per heavy atom. The number of hydrogen-bond donors (Lipinski definition) is 0. The van der Waals surface area contributed by atoms with Crippen LogP contribution in [0.5, 0.6) is 0 Å². The lowest BCUT2D eigenvalue weighted by Gasteiger charge is -2.62. The molecule has 4 saturated carbocycles. The van der Waals surface area contributed by atoms with Crippen molar-refractivity contribution in [2.45, 2.75) is 37.5 Å². The van der Waals surface area contributed by atoms with E-state index in [1.54, 1.807) is 0 Å². The highest BCUT2D eigenvalue weighted by Crippen LogP contribution is 2.65. The van der Waals surface area contributed by atoms with Crippen LogP contribution in [0.3, 0.4) is 0 Å². The standard InChI is InChI=1S/C59H50N3OP/c1-64(2,63)55-52-19-11-9-17-50(52)54(51-18-10-12-20-53(51)55)42-25-29-46(30-26-42)59(48-34-38-33-39(36-48)37-49(59)35-38)47-31-27-45(28-32-47)58-61-56(43-15-7-4-8-16-43)60-57(62-58)44-23-21-41(22-24-44)40-13-5-3-6-14-40/h3-32,38-39,48-49H,33-37H2,1-2H3. The van der Waals surface area contributed by atoms with Crippen LogP contribution in [-0.4, -0.2) is 28.3 Å². The third-order valence-corrected chi connectivity index (χ3v) is 16.6. The van der Waals surface area contributed by atoms with Gasteiger partial charge in [-0.3, -0.25) is 0 Å². The van der Waals surface area contributed by atoms with E-state index in [1.807, 2.05) is 37.6 Å². The zero-order valence-electron chi connectivity index (χ0n) is 36.4. The van der Waals surface area contributed by atoms with Gasteiger partial charge < -0.3 is 4.57 Å². The molecule has 0 atom stereocenters. The lowest BCUT2D eigenvalue weighted by molar-refractivity contribution is -0.0418. The Morgan fingerprint density at radius 3 is 1.19 bits per heavy atom. The number of benzene rings is 8. The average molecular weight is 848 g/mol. The maximum Gasteiger partial charge on any atom is 0.164 e. The molecule has 4 aliphatic rings. The minimum Gasteiger partial charge on any atom is -0.319 e. The van der Waals surface area contributed by atoms with Gasteiger partial charge in [0, 0.05) is 27.4 Å². The number of hydrogen-bond acceptors (Lipinski definition) is 4. The van der Waals surface area contributed by atoms with Crippen LogP contribution >= 0.6 is 7.14 Å². The van der Waals surface area contributed by atoms with Crippen molar-refractivity contribution in [1.82, 2.24) is 15.0 Å². The summed E-state index contributed by atoms with van der Waals surface area (Å²) in [7, 11) is -2.58. The van der Waals surface area contributed by atoms with Crippen LogP contribution in [0, 0.1) is 23.7 Å². The maximum absolute atomic E-state index is 13.9. The first-order chi connectivity index (χ1) is 31.3. The second-order valence-electron chi connectivity index (χ2n) is 19.1. The molecule has 0 N–H and O–H groups in total. The van der Waals surface area contributed by atoms with Crippen LogP contribution in [0.4, 0.5) is 0 Å². The lowest BCUT2D eigenvalue weighted by Crippen LogP contribution is -2.56. The number of nitrogens with zero attached hydrogens (tertiary/aromatic N) is 3. The Bertz CT molecular complexity index is 3160. The van der Waals surface area contributed by atoms with Crippen LogP contribution in [0.15, 0.2) is 182 Å². The quantitative estimate of drug-likeness (QED) is 0.113. The minimum absolute atomic E-state index is 0.0739. The van der Waals surface area contributed by atoms with Crippen molar-refractivity contribution in [3.63, 3.8) is 0 Å². The normalized spacial score (nSPS) is 21.4. The summed E-state index contributed by atoms with van der Waals surface area (Å²) in [6, 6.07) is 65.4. The summed E-state index contributed by atoms with van der Waals surface area (Å²) in [6.45, 7) is 3.81. The zero-order valence-corrected chi connectivity index (χ0v) is 37.3. The lowest BCUT2D eigenvalue weighted by atomic mass is 9.42. The molecule has 0 radical (unpaired) electrons. The van der Waals surface area contributed by atoms with E-state index in [4.69, 9.17) is 15.0 Å². The van der Waals surface area contributed by atoms with Gasteiger partial charge in [-0.1, -0.05) is 182 Å². The molecule has 0 saturated heterocycles. The fourth-order valence-electron chi connectivity index (χ4n) is 12.6. The molecule has 0 aliphatic heterocycles. The molecular weight excluding hydrogens is 798 g/mol. The largest absolute Gasteiger partial charge is 0.319 e. The van der Waals surface area contributed by atoms with Gasteiger partial charge in [0.2, 0.25) is 0 Å². The van der Waals surface area contributed by atoms with Crippen LogP contribution in [0.25, 0.3) is 78.0 Å². The van der Waals surface area contributed by atoms with Gasteiger partial charge in [0.1, 0.15) is 7.14 Å². The van der Waals surface area contributed by atoms with Crippen molar-refractivity contribution >= 4 is 34.0 Å². The van der Waals surface area contributed by atoms with Gasteiger partial charge in [-0.15, -0.1) is 0 Å². The Labute approximate surface area is 375 Å². The second-order valence-corrected chi connectivity index (χ2v) is 22.3. The van der Waals surface area contributed by atoms with Crippen molar-refractivity contribution in [1.29, 1.82) is 0 Å². The summed E-state index contributed by atoms with van der Waals surface area (Å²) >= 11 is 0. The summed E-state index contributed by atoms with van der Waals surface area (Å²) in [5.74, 6) is 4.87. The third-order valence-electron chi connectivity index (χ3n) is 15.1. The predicted octanol–water partition coefficient (Wildman–Crippen LogP) is 14.5. The van der Waals surface area contributed by atoms with Crippen molar-refractivity contribution < 1.29 is 4.57 Å².